The van der Waals surface area contributed by atoms with Gasteiger partial charge < -0.3 is 10.1 Å². The Morgan fingerprint density at radius 3 is 2.76 bits per heavy atom. The van der Waals surface area contributed by atoms with Crippen LogP contribution in [0.15, 0.2) is 6.20 Å². The Morgan fingerprint density at radius 2 is 2.24 bits per heavy atom. The second kappa shape index (κ2) is 6.00. The molecule has 0 radical (unpaired) electrons. The quantitative estimate of drug-likeness (QED) is 0.901. The van der Waals surface area contributed by atoms with Gasteiger partial charge in [0.25, 0.3) is 0 Å². The van der Waals surface area contributed by atoms with E-state index in [1.54, 1.807) is 11.3 Å². The molecule has 5 heteroatoms. The molecule has 0 aromatic carbocycles. The Bertz CT molecular complexity index is 369. The summed E-state index contributed by atoms with van der Waals surface area (Å²) in [6, 6.07) is 0. The SMILES string of the molecule is CCc1cnc(CCNC(=O)OC(C)(C)C)s1. The highest BCUT2D eigenvalue weighted by Gasteiger charge is 2.15. The Morgan fingerprint density at radius 1 is 1.53 bits per heavy atom. The number of carbonyl (C=O) groups is 1. The molecule has 4 nitrogen and oxygen atoms in total. The molecule has 1 rings (SSSR count). The largest absolute Gasteiger partial charge is 0.444 e. The van der Waals surface area contributed by atoms with Crippen LogP contribution in [-0.2, 0) is 17.6 Å². The molecule has 0 saturated carbocycles. The Balaban J connectivity index is 2.26. The lowest BCUT2D eigenvalue weighted by molar-refractivity contribution is 0.0528. The van der Waals surface area contributed by atoms with E-state index in [1.807, 2.05) is 27.0 Å². The number of rotatable bonds is 4. The molecule has 0 saturated heterocycles. The molecule has 0 aliphatic rings. The number of thiazole rings is 1. The van der Waals surface area contributed by atoms with Crippen molar-refractivity contribution in [3.63, 3.8) is 0 Å². The van der Waals surface area contributed by atoms with Crippen molar-refractivity contribution in [2.45, 2.75) is 46.1 Å². The highest BCUT2D eigenvalue weighted by Crippen LogP contribution is 2.13. The summed E-state index contributed by atoms with van der Waals surface area (Å²) >= 11 is 1.69. The Labute approximate surface area is 106 Å². The third-order valence-electron chi connectivity index (χ3n) is 1.96. The van der Waals surface area contributed by atoms with Crippen LogP contribution < -0.4 is 5.32 Å². The summed E-state index contributed by atoms with van der Waals surface area (Å²) in [7, 11) is 0. The third kappa shape index (κ3) is 5.68. The molecule has 96 valence electrons. The minimum absolute atomic E-state index is 0.371. The zero-order valence-electron chi connectivity index (χ0n) is 10.9. The Kier molecular flexibility index (Phi) is 4.93. The second-order valence-electron chi connectivity index (χ2n) is 4.75. The number of nitrogens with zero attached hydrogens (tertiary/aromatic N) is 1. The van der Waals surface area contributed by atoms with Crippen molar-refractivity contribution in [1.29, 1.82) is 0 Å². The number of hydrogen-bond acceptors (Lipinski definition) is 4. The van der Waals surface area contributed by atoms with Gasteiger partial charge in [0.05, 0.1) is 5.01 Å². The molecule has 0 bridgehead atoms. The molecule has 0 unspecified atom stereocenters. The predicted octanol–water partition coefficient (Wildman–Crippen LogP) is 2.77. The van der Waals surface area contributed by atoms with E-state index in [1.165, 1.54) is 4.88 Å². The van der Waals surface area contributed by atoms with Crippen molar-refractivity contribution in [2.24, 2.45) is 0 Å². The van der Waals surface area contributed by atoms with Crippen molar-refractivity contribution in [3.8, 4) is 0 Å². The van der Waals surface area contributed by atoms with Crippen molar-refractivity contribution in [3.05, 3.63) is 16.1 Å². The van der Waals surface area contributed by atoms with Gasteiger partial charge in [-0.1, -0.05) is 6.92 Å². The van der Waals surface area contributed by atoms with Crippen LogP contribution in [0.2, 0.25) is 0 Å². The van der Waals surface area contributed by atoms with Gasteiger partial charge in [0, 0.05) is 24.0 Å². The molecule has 1 N–H and O–H groups in total. The predicted molar refractivity (Wildman–Crippen MR) is 69.4 cm³/mol. The van der Waals surface area contributed by atoms with E-state index >= 15 is 0 Å². The molecule has 0 atom stereocenters. The summed E-state index contributed by atoms with van der Waals surface area (Å²) in [5, 5.41) is 3.77. The number of alkyl carbamates (subject to hydrolysis) is 1. The van der Waals surface area contributed by atoms with Crippen LogP contribution in [0.1, 0.15) is 37.6 Å². The zero-order valence-corrected chi connectivity index (χ0v) is 11.7. The molecule has 1 heterocycles. The molecule has 0 aliphatic heterocycles. The van der Waals surface area contributed by atoms with Gasteiger partial charge >= 0.3 is 6.09 Å². The first kappa shape index (κ1) is 14.0. The smallest absolute Gasteiger partial charge is 0.407 e. The maximum Gasteiger partial charge on any atom is 0.407 e. The molecule has 1 aromatic rings. The first-order valence-electron chi connectivity index (χ1n) is 5.81. The van der Waals surface area contributed by atoms with Gasteiger partial charge in [-0.15, -0.1) is 11.3 Å². The number of aryl methyl sites for hydroxylation is 1. The third-order valence-corrected chi connectivity index (χ3v) is 3.16. The van der Waals surface area contributed by atoms with Gasteiger partial charge in [0.15, 0.2) is 0 Å². The first-order chi connectivity index (χ1) is 7.90. The van der Waals surface area contributed by atoms with E-state index in [0.717, 1.165) is 17.8 Å². The van der Waals surface area contributed by atoms with E-state index in [4.69, 9.17) is 4.74 Å². The fraction of sp³-hybridized carbons (Fsp3) is 0.667. The molecule has 0 spiro atoms. The minimum atomic E-state index is -0.444. The molecule has 0 aliphatic carbocycles. The van der Waals surface area contributed by atoms with Gasteiger partial charge in [0.1, 0.15) is 5.60 Å². The normalized spacial score (nSPS) is 11.3. The summed E-state index contributed by atoms with van der Waals surface area (Å²) < 4.78 is 5.13. The van der Waals surface area contributed by atoms with Crippen molar-refractivity contribution >= 4 is 17.4 Å². The highest BCUT2D eigenvalue weighted by atomic mass is 32.1. The summed E-state index contributed by atoms with van der Waals surface area (Å²) in [4.78, 5) is 16.9. The minimum Gasteiger partial charge on any atom is -0.444 e. The van der Waals surface area contributed by atoms with E-state index in [-0.39, 0.29) is 6.09 Å². The van der Waals surface area contributed by atoms with Crippen molar-refractivity contribution < 1.29 is 9.53 Å². The fourth-order valence-corrected chi connectivity index (χ4v) is 2.07. The molecule has 1 amide bonds. The van der Waals surface area contributed by atoms with Crippen LogP contribution in [-0.4, -0.2) is 23.2 Å². The van der Waals surface area contributed by atoms with E-state index in [2.05, 4.69) is 17.2 Å². The van der Waals surface area contributed by atoms with Crippen LogP contribution in [0.3, 0.4) is 0 Å². The van der Waals surface area contributed by atoms with Gasteiger partial charge in [-0.05, 0) is 27.2 Å². The Hall–Kier alpha value is -1.10. The first-order valence-corrected chi connectivity index (χ1v) is 6.63. The lowest BCUT2D eigenvalue weighted by Gasteiger charge is -2.19. The number of hydrogen-bond donors (Lipinski definition) is 1. The number of nitrogens with one attached hydrogen (secondary N) is 1. The van der Waals surface area contributed by atoms with Crippen molar-refractivity contribution in [2.75, 3.05) is 6.54 Å². The standard InChI is InChI=1S/C12H20N2O2S/c1-5-9-8-14-10(17-9)6-7-13-11(15)16-12(2,3)4/h8H,5-7H2,1-4H3,(H,13,15). The summed E-state index contributed by atoms with van der Waals surface area (Å²) in [5.74, 6) is 0. The lowest BCUT2D eigenvalue weighted by Crippen LogP contribution is -2.33. The lowest BCUT2D eigenvalue weighted by atomic mass is 10.2. The highest BCUT2D eigenvalue weighted by molar-refractivity contribution is 7.11. The number of amides is 1. The second-order valence-corrected chi connectivity index (χ2v) is 5.95. The van der Waals surface area contributed by atoms with Crippen LogP contribution in [0.4, 0.5) is 4.79 Å². The monoisotopic (exact) mass is 256 g/mol. The summed E-state index contributed by atoms with van der Waals surface area (Å²) in [6.07, 6.45) is 3.29. The van der Waals surface area contributed by atoms with Crippen LogP contribution in [0, 0.1) is 0 Å². The topological polar surface area (TPSA) is 51.2 Å². The molecule has 17 heavy (non-hydrogen) atoms. The average Bonchev–Trinajstić information content (AvgIpc) is 2.63. The van der Waals surface area contributed by atoms with Crippen LogP contribution in [0.25, 0.3) is 0 Å². The summed E-state index contributed by atoms with van der Waals surface area (Å²) in [5.41, 5.74) is -0.444. The maximum atomic E-state index is 11.4. The average molecular weight is 256 g/mol. The number of carbonyl (C=O) groups excluding carboxylic acids is 1. The van der Waals surface area contributed by atoms with Crippen molar-refractivity contribution in [1.82, 2.24) is 10.3 Å². The van der Waals surface area contributed by atoms with Gasteiger partial charge in [-0.3, -0.25) is 0 Å². The van der Waals surface area contributed by atoms with E-state index in [0.29, 0.717) is 6.54 Å². The van der Waals surface area contributed by atoms with Crippen LogP contribution >= 0.6 is 11.3 Å². The number of ether oxygens (including phenoxy) is 1. The van der Waals surface area contributed by atoms with Gasteiger partial charge in [-0.2, -0.15) is 0 Å². The fourth-order valence-electron chi connectivity index (χ4n) is 1.21. The molecular weight excluding hydrogens is 236 g/mol. The van der Waals surface area contributed by atoms with E-state index in [9.17, 15) is 4.79 Å². The van der Waals surface area contributed by atoms with Gasteiger partial charge in [-0.25, -0.2) is 9.78 Å². The van der Waals surface area contributed by atoms with Gasteiger partial charge in [0.2, 0.25) is 0 Å². The number of aromatic nitrogens is 1. The molecule has 0 fully saturated rings. The zero-order chi connectivity index (χ0) is 12.9. The van der Waals surface area contributed by atoms with E-state index < -0.39 is 5.60 Å². The molecular formula is C12H20N2O2S. The maximum absolute atomic E-state index is 11.4. The van der Waals surface area contributed by atoms with Crippen LogP contribution in [0.5, 0.6) is 0 Å². The molecule has 1 aromatic heterocycles. The summed E-state index contributed by atoms with van der Waals surface area (Å²) in [6.45, 7) is 8.21.